The summed E-state index contributed by atoms with van der Waals surface area (Å²) in [6.45, 7) is 8.07. The Morgan fingerprint density at radius 2 is 1.22 bits per heavy atom. The molecule has 3 nitrogen and oxygen atoms in total. The largest absolute Gasteiger partial charge is 0.512 e. The van der Waals surface area contributed by atoms with Crippen molar-refractivity contribution in [3.05, 3.63) is 139 Å². The number of ketones is 1. The summed E-state index contributed by atoms with van der Waals surface area (Å²) < 4.78 is 0. The first kappa shape index (κ1) is 36.6. The van der Waals surface area contributed by atoms with Gasteiger partial charge >= 0.3 is 0 Å². The molecule has 8 bridgehead atoms. The van der Waals surface area contributed by atoms with Crippen molar-refractivity contribution in [2.75, 3.05) is 0 Å². The number of fused-ring (bicyclic) bond motifs is 13. The number of pyridine rings is 1. The standard InChI is InChI=1S/C33H20N.C13H24O2.Ir/c1-2-13-31-28-15-14-22-16-17-34-33(32(22)21-28)29-11-5-9-26(20-29)24-7-3-6-23(18-24)25-8-4-10-27(19-25)30(31)12-1;1-5-10(6-2)12(14)9-13(15)11(7-3)8-4;/h1-10,12-21H;9-11,14H,5-8H2,1-4H3;/q-1;;/b;12-9-;. The van der Waals surface area contributed by atoms with Gasteiger partial charge in [0, 0.05) is 44.2 Å². The van der Waals surface area contributed by atoms with Crippen LogP contribution in [0, 0.1) is 17.9 Å². The van der Waals surface area contributed by atoms with Crippen molar-refractivity contribution in [1.82, 2.24) is 4.98 Å². The number of carbonyl (C=O) groups is 1. The van der Waals surface area contributed by atoms with Crippen LogP contribution in [0.4, 0.5) is 0 Å². The van der Waals surface area contributed by atoms with Gasteiger partial charge in [-0.25, -0.2) is 0 Å². The number of benzene rings is 5. The summed E-state index contributed by atoms with van der Waals surface area (Å²) in [6, 6.07) is 44.9. The summed E-state index contributed by atoms with van der Waals surface area (Å²) in [4.78, 5) is 16.5. The van der Waals surface area contributed by atoms with Gasteiger partial charge in [0.05, 0.1) is 5.76 Å². The quantitative estimate of drug-likeness (QED) is 0.0989. The van der Waals surface area contributed by atoms with Gasteiger partial charge in [-0.1, -0.05) is 107 Å². The molecule has 0 spiro atoms. The molecule has 0 unspecified atom stereocenters. The van der Waals surface area contributed by atoms with Gasteiger partial charge in [-0.2, -0.15) is 0 Å². The summed E-state index contributed by atoms with van der Waals surface area (Å²) in [6.07, 6.45) is 6.80. The molecule has 1 aromatic heterocycles. The third kappa shape index (κ3) is 7.88. The molecule has 50 heavy (non-hydrogen) atoms. The van der Waals surface area contributed by atoms with Crippen LogP contribution in [0.5, 0.6) is 0 Å². The normalized spacial score (nSPS) is 11.6. The summed E-state index contributed by atoms with van der Waals surface area (Å²) in [5, 5.41) is 12.1. The van der Waals surface area contributed by atoms with E-state index in [4.69, 9.17) is 4.98 Å². The predicted molar refractivity (Wildman–Crippen MR) is 205 cm³/mol. The van der Waals surface area contributed by atoms with E-state index in [2.05, 4.69) is 115 Å². The SMILES string of the molecule is CCC(CC)C(=O)/C=C(\O)C(CC)CC.[Ir].[c-]1ccc2cc1-c1nccc3ccc(cc13)-c1ccccc1-c1cccc(c1)-c1cccc-2c1. The average Bonchev–Trinajstić information content (AvgIpc) is 3.15. The van der Waals surface area contributed by atoms with Crippen LogP contribution < -0.4 is 0 Å². The topological polar surface area (TPSA) is 50.2 Å². The first-order valence-corrected chi connectivity index (χ1v) is 17.6. The first-order chi connectivity index (χ1) is 23.9. The van der Waals surface area contributed by atoms with E-state index >= 15 is 0 Å². The number of nitrogens with zero attached hydrogens (tertiary/aromatic N) is 1. The minimum atomic E-state index is 0. The fourth-order valence-electron chi connectivity index (χ4n) is 6.84. The Morgan fingerprint density at radius 1 is 0.660 bits per heavy atom. The Morgan fingerprint density at radius 3 is 1.84 bits per heavy atom. The van der Waals surface area contributed by atoms with Crippen molar-refractivity contribution in [2.24, 2.45) is 11.8 Å². The molecule has 1 aliphatic carbocycles. The van der Waals surface area contributed by atoms with Gasteiger partial charge < -0.3 is 10.1 Å². The van der Waals surface area contributed by atoms with Gasteiger partial charge in [-0.15, -0.1) is 35.4 Å². The molecular formula is C46H44IrNO2-. The van der Waals surface area contributed by atoms with E-state index in [0.717, 1.165) is 42.3 Å². The van der Waals surface area contributed by atoms with Gasteiger partial charge in [-0.3, -0.25) is 4.79 Å². The van der Waals surface area contributed by atoms with Crippen molar-refractivity contribution in [3.63, 3.8) is 0 Å². The maximum absolute atomic E-state index is 11.7. The molecule has 6 aromatic rings. The Labute approximate surface area is 310 Å². The molecule has 0 fully saturated rings. The van der Waals surface area contributed by atoms with E-state index in [1.165, 1.54) is 56.0 Å². The van der Waals surface area contributed by atoms with Crippen molar-refractivity contribution in [2.45, 2.75) is 53.4 Å². The molecule has 1 radical (unpaired) electrons. The van der Waals surface area contributed by atoms with E-state index in [-0.39, 0.29) is 43.5 Å². The fraction of sp³-hybridized carbons (Fsp3) is 0.217. The zero-order valence-electron chi connectivity index (χ0n) is 29.2. The third-order valence-electron chi connectivity index (χ3n) is 9.85. The van der Waals surface area contributed by atoms with Crippen LogP contribution >= 0.6 is 0 Å². The number of rotatable bonds is 7. The monoisotopic (exact) mass is 835 g/mol. The number of aliphatic hydroxyl groups excluding tert-OH is 1. The number of carbonyl (C=O) groups excluding carboxylic acids is 1. The second-order valence-electron chi connectivity index (χ2n) is 12.8. The van der Waals surface area contributed by atoms with E-state index in [1.807, 2.05) is 40.0 Å². The van der Waals surface area contributed by atoms with Gasteiger partial charge in [0.25, 0.3) is 0 Å². The maximum atomic E-state index is 11.7. The molecule has 5 aromatic carbocycles. The molecule has 0 atom stereocenters. The second kappa shape index (κ2) is 16.9. The second-order valence-corrected chi connectivity index (χ2v) is 12.8. The van der Waals surface area contributed by atoms with E-state index in [9.17, 15) is 9.90 Å². The van der Waals surface area contributed by atoms with Crippen LogP contribution in [-0.2, 0) is 24.9 Å². The first-order valence-electron chi connectivity index (χ1n) is 17.6. The fourth-order valence-corrected chi connectivity index (χ4v) is 6.84. The van der Waals surface area contributed by atoms with Gasteiger partial charge in [0.2, 0.25) is 0 Å². The van der Waals surface area contributed by atoms with Crippen LogP contribution in [0.25, 0.3) is 66.5 Å². The summed E-state index contributed by atoms with van der Waals surface area (Å²) in [5.41, 5.74) is 11.6. The molecule has 255 valence electrons. The van der Waals surface area contributed by atoms with Gasteiger partial charge in [0.15, 0.2) is 5.78 Å². The van der Waals surface area contributed by atoms with Crippen LogP contribution in [-0.4, -0.2) is 15.9 Å². The van der Waals surface area contributed by atoms with Gasteiger partial charge in [0.1, 0.15) is 0 Å². The number of hydrogen-bond acceptors (Lipinski definition) is 3. The molecule has 1 N–H and O–H groups in total. The van der Waals surface area contributed by atoms with Crippen molar-refractivity contribution >= 4 is 16.6 Å². The number of allylic oxidation sites excluding steroid dienone is 2. The summed E-state index contributed by atoms with van der Waals surface area (Å²) in [7, 11) is 0. The Kier molecular flexibility index (Phi) is 12.4. The van der Waals surface area contributed by atoms with Crippen LogP contribution in [0.1, 0.15) is 53.4 Å². The minimum absolute atomic E-state index is 0. The Balaban J connectivity index is 0.000000261. The number of hydrogen-bond donors (Lipinski definition) is 1. The number of aliphatic hydroxyl groups is 1. The molecule has 4 heteroatoms. The zero-order valence-corrected chi connectivity index (χ0v) is 31.6. The summed E-state index contributed by atoms with van der Waals surface area (Å²) in [5.74, 6) is 0.547. The number of aromatic nitrogens is 1. The van der Waals surface area contributed by atoms with Crippen LogP contribution in [0.3, 0.4) is 0 Å². The smallest absolute Gasteiger partial charge is 0.162 e. The molecule has 0 amide bonds. The van der Waals surface area contributed by atoms with Crippen LogP contribution in [0.15, 0.2) is 133 Å². The zero-order chi connectivity index (χ0) is 34.3. The van der Waals surface area contributed by atoms with E-state index in [0.29, 0.717) is 0 Å². The molecule has 1 aliphatic rings. The molecular weight excluding hydrogens is 791 g/mol. The summed E-state index contributed by atoms with van der Waals surface area (Å²) >= 11 is 0. The van der Waals surface area contributed by atoms with E-state index < -0.39 is 0 Å². The minimum Gasteiger partial charge on any atom is -0.512 e. The van der Waals surface area contributed by atoms with Crippen molar-refractivity contribution < 1.29 is 30.0 Å². The molecule has 0 aliphatic heterocycles. The van der Waals surface area contributed by atoms with Gasteiger partial charge in [-0.05, 0) is 99.3 Å². The van der Waals surface area contributed by atoms with Crippen molar-refractivity contribution in [1.29, 1.82) is 0 Å². The van der Waals surface area contributed by atoms with E-state index in [1.54, 1.807) is 0 Å². The molecule has 0 saturated heterocycles. The van der Waals surface area contributed by atoms with Crippen LogP contribution in [0.2, 0.25) is 0 Å². The third-order valence-corrected chi connectivity index (χ3v) is 9.85. The molecule has 7 rings (SSSR count). The molecule has 1 heterocycles. The van der Waals surface area contributed by atoms with Crippen molar-refractivity contribution in [3.8, 4) is 55.8 Å². The maximum Gasteiger partial charge on any atom is 0.162 e. The Bertz CT molecular complexity index is 2120. The average molecular weight is 835 g/mol. The Hall–Kier alpha value is -4.63. The molecule has 0 saturated carbocycles. The predicted octanol–water partition coefficient (Wildman–Crippen LogP) is 12.6.